The molecule has 8 heteroatoms. The van der Waals surface area contributed by atoms with E-state index in [2.05, 4.69) is 15.7 Å². The van der Waals surface area contributed by atoms with Crippen LogP contribution in [0.15, 0.2) is 42.5 Å². The molecular formula is C25H31N5O3. The summed E-state index contributed by atoms with van der Waals surface area (Å²) in [4.78, 5) is 26.2. The van der Waals surface area contributed by atoms with Crippen molar-refractivity contribution >= 4 is 28.4 Å². The molecule has 0 aliphatic heterocycles. The summed E-state index contributed by atoms with van der Waals surface area (Å²) in [6.45, 7) is 6.22. The number of amides is 2. The van der Waals surface area contributed by atoms with Gasteiger partial charge in [-0.25, -0.2) is 0 Å². The summed E-state index contributed by atoms with van der Waals surface area (Å²) in [5.74, 6) is 0.124. The Morgan fingerprint density at radius 3 is 2.61 bits per heavy atom. The van der Waals surface area contributed by atoms with Crippen LogP contribution in [0.4, 0.5) is 5.69 Å². The summed E-state index contributed by atoms with van der Waals surface area (Å²) in [6, 6.07) is 12.6. The largest absolute Gasteiger partial charge is 0.496 e. The van der Waals surface area contributed by atoms with E-state index in [0.29, 0.717) is 18.0 Å². The van der Waals surface area contributed by atoms with Crippen LogP contribution >= 0.6 is 0 Å². The average molecular weight is 450 g/mol. The highest BCUT2D eigenvalue weighted by molar-refractivity contribution is 6.06. The van der Waals surface area contributed by atoms with Gasteiger partial charge >= 0.3 is 0 Å². The number of para-hydroxylation sites is 1. The van der Waals surface area contributed by atoms with Crippen LogP contribution < -0.4 is 21.1 Å². The van der Waals surface area contributed by atoms with Gasteiger partial charge < -0.3 is 21.1 Å². The lowest BCUT2D eigenvalue weighted by atomic mass is 9.86. The van der Waals surface area contributed by atoms with E-state index in [1.807, 2.05) is 57.2 Å². The number of hydrogen-bond donors (Lipinski definition) is 3. The lowest BCUT2D eigenvalue weighted by Crippen LogP contribution is -2.54. The number of anilines is 1. The number of fused-ring (bicyclic) bond motifs is 1. The molecule has 1 aliphatic carbocycles. The number of aromatic nitrogens is 2. The lowest BCUT2D eigenvalue weighted by molar-refractivity contribution is -0.125. The highest BCUT2D eigenvalue weighted by Crippen LogP contribution is 2.27. The first-order valence-electron chi connectivity index (χ1n) is 11.2. The van der Waals surface area contributed by atoms with Crippen molar-refractivity contribution in [3.8, 4) is 5.75 Å². The second-order valence-electron chi connectivity index (χ2n) is 9.65. The Morgan fingerprint density at radius 2 is 1.94 bits per heavy atom. The van der Waals surface area contributed by atoms with Crippen LogP contribution in [0.5, 0.6) is 5.75 Å². The van der Waals surface area contributed by atoms with Crippen molar-refractivity contribution in [1.29, 1.82) is 0 Å². The van der Waals surface area contributed by atoms with Crippen molar-refractivity contribution in [1.82, 2.24) is 20.4 Å². The van der Waals surface area contributed by atoms with E-state index >= 15 is 0 Å². The van der Waals surface area contributed by atoms with Crippen LogP contribution in [0.3, 0.4) is 0 Å². The van der Waals surface area contributed by atoms with E-state index in [-0.39, 0.29) is 23.6 Å². The number of ether oxygens (including phenoxy) is 1. The van der Waals surface area contributed by atoms with E-state index in [0.717, 1.165) is 29.3 Å². The molecule has 1 unspecified atom stereocenters. The molecule has 1 atom stereocenters. The number of nitrogen functional groups attached to an aromatic ring is 1. The first-order chi connectivity index (χ1) is 15.7. The van der Waals surface area contributed by atoms with Crippen LogP contribution in [-0.4, -0.2) is 40.8 Å². The number of carbonyl (C=O) groups excluding carboxylic acids is 2. The van der Waals surface area contributed by atoms with Crippen LogP contribution in [0.1, 0.15) is 49.7 Å². The first-order valence-corrected chi connectivity index (χ1v) is 11.2. The van der Waals surface area contributed by atoms with Crippen molar-refractivity contribution in [2.45, 2.75) is 52.2 Å². The Hall–Kier alpha value is -3.55. The van der Waals surface area contributed by atoms with Crippen LogP contribution in [0.25, 0.3) is 10.9 Å². The van der Waals surface area contributed by atoms with Crippen molar-refractivity contribution in [2.24, 2.45) is 5.41 Å². The standard InChI is InChI=1S/C25H31N5O3/c1-25(2,3)22(24(32)27-17-11-12-17)28-23(31)21-18-7-5-6-8-19(18)30(29-21)14-15-9-10-16(26)13-20(15)33-4/h5-10,13,17,22H,11-12,14,26H2,1-4H3,(H,27,32)(H,28,31). The summed E-state index contributed by atoms with van der Waals surface area (Å²) >= 11 is 0. The quantitative estimate of drug-likeness (QED) is 0.480. The highest BCUT2D eigenvalue weighted by Gasteiger charge is 2.36. The Kier molecular flexibility index (Phi) is 6.01. The number of benzene rings is 2. The normalized spacial score (nSPS) is 14.7. The smallest absolute Gasteiger partial charge is 0.273 e. The molecule has 0 saturated heterocycles. The molecule has 33 heavy (non-hydrogen) atoms. The summed E-state index contributed by atoms with van der Waals surface area (Å²) in [7, 11) is 1.59. The molecule has 2 amide bonds. The monoisotopic (exact) mass is 449 g/mol. The Morgan fingerprint density at radius 1 is 1.21 bits per heavy atom. The zero-order valence-corrected chi connectivity index (χ0v) is 19.5. The molecule has 174 valence electrons. The van der Waals surface area contributed by atoms with Gasteiger partial charge in [-0.3, -0.25) is 14.3 Å². The third-order valence-electron chi connectivity index (χ3n) is 5.83. The van der Waals surface area contributed by atoms with Crippen molar-refractivity contribution < 1.29 is 14.3 Å². The van der Waals surface area contributed by atoms with Crippen LogP contribution in [-0.2, 0) is 11.3 Å². The number of nitrogens with zero attached hydrogens (tertiary/aromatic N) is 2. The van der Waals surface area contributed by atoms with E-state index in [4.69, 9.17) is 10.5 Å². The zero-order valence-electron chi connectivity index (χ0n) is 19.5. The second kappa shape index (κ2) is 8.77. The lowest BCUT2D eigenvalue weighted by Gasteiger charge is -2.30. The minimum absolute atomic E-state index is 0.159. The molecule has 1 fully saturated rings. The van der Waals surface area contributed by atoms with Gasteiger partial charge in [0.2, 0.25) is 5.91 Å². The fourth-order valence-electron chi connectivity index (χ4n) is 3.86. The second-order valence-corrected chi connectivity index (χ2v) is 9.65. The summed E-state index contributed by atoms with van der Waals surface area (Å²) in [5.41, 5.74) is 8.03. The van der Waals surface area contributed by atoms with Gasteiger partial charge in [0.25, 0.3) is 5.91 Å². The Labute approximate surface area is 193 Å². The number of hydrogen-bond acceptors (Lipinski definition) is 5. The third-order valence-corrected chi connectivity index (χ3v) is 5.83. The maximum absolute atomic E-state index is 13.3. The fourth-order valence-corrected chi connectivity index (χ4v) is 3.86. The molecule has 1 saturated carbocycles. The number of rotatable bonds is 7. The van der Waals surface area contributed by atoms with E-state index < -0.39 is 11.5 Å². The van der Waals surface area contributed by atoms with Crippen molar-refractivity contribution in [3.63, 3.8) is 0 Å². The maximum Gasteiger partial charge on any atom is 0.273 e. The predicted octanol–water partition coefficient (Wildman–Crippen LogP) is 3.10. The molecule has 0 spiro atoms. The number of nitrogens with one attached hydrogen (secondary N) is 2. The predicted molar refractivity (Wildman–Crippen MR) is 128 cm³/mol. The molecule has 2 aromatic carbocycles. The molecule has 1 aromatic heterocycles. The van der Waals surface area contributed by atoms with Gasteiger partial charge in [-0.15, -0.1) is 0 Å². The van der Waals surface area contributed by atoms with Crippen LogP contribution in [0, 0.1) is 5.41 Å². The average Bonchev–Trinajstić information content (AvgIpc) is 3.51. The molecule has 4 rings (SSSR count). The van der Waals surface area contributed by atoms with Gasteiger partial charge in [0.05, 0.1) is 19.2 Å². The van der Waals surface area contributed by atoms with Gasteiger partial charge in [0, 0.05) is 28.7 Å². The minimum Gasteiger partial charge on any atom is -0.496 e. The third kappa shape index (κ3) is 4.94. The van der Waals surface area contributed by atoms with E-state index in [1.54, 1.807) is 17.9 Å². The van der Waals surface area contributed by atoms with E-state index in [1.165, 1.54) is 0 Å². The van der Waals surface area contributed by atoms with Gasteiger partial charge in [0.1, 0.15) is 11.8 Å². The first kappa shape index (κ1) is 22.6. The fraction of sp³-hybridized carbons (Fsp3) is 0.400. The molecule has 4 N–H and O–H groups in total. The summed E-state index contributed by atoms with van der Waals surface area (Å²) in [6.07, 6.45) is 1.97. The summed E-state index contributed by atoms with van der Waals surface area (Å²) < 4.78 is 7.25. The Bertz CT molecular complexity index is 1190. The molecule has 0 bridgehead atoms. The zero-order chi connectivity index (χ0) is 23.8. The van der Waals surface area contributed by atoms with Gasteiger partial charge in [0.15, 0.2) is 5.69 Å². The van der Waals surface area contributed by atoms with Gasteiger partial charge in [-0.2, -0.15) is 5.10 Å². The topological polar surface area (TPSA) is 111 Å². The molecule has 8 nitrogen and oxygen atoms in total. The highest BCUT2D eigenvalue weighted by atomic mass is 16.5. The SMILES string of the molecule is COc1cc(N)ccc1Cn1nc(C(=O)NC(C(=O)NC2CC2)C(C)(C)C)c2ccccc21. The minimum atomic E-state index is -0.674. The molecule has 1 heterocycles. The summed E-state index contributed by atoms with van der Waals surface area (Å²) in [5, 5.41) is 11.3. The Balaban J connectivity index is 1.65. The van der Waals surface area contributed by atoms with Gasteiger partial charge in [-0.05, 0) is 30.4 Å². The van der Waals surface area contributed by atoms with Crippen molar-refractivity contribution in [3.05, 3.63) is 53.7 Å². The molecule has 3 aromatic rings. The van der Waals surface area contributed by atoms with Crippen LogP contribution in [0.2, 0.25) is 0 Å². The number of carbonyl (C=O) groups is 2. The van der Waals surface area contributed by atoms with Gasteiger partial charge in [-0.1, -0.05) is 45.0 Å². The van der Waals surface area contributed by atoms with Crippen molar-refractivity contribution in [2.75, 3.05) is 12.8 Å². The maximum atomic E-state index is 13.3. The number of methoxy groups -OCH3 is 1. The molecular weight excluding hydrogens is 418 g/mol. The number of nitrogens with two attached hydrogens (primary N) is 1. The molecule has 1 aliphatic rings. The molecule has 0 radical (unpaired) electrons. The van der Waals surface area contributed by atoms with E-state index in [9.17, 15) is 9.59 Å².